The van der Waals surface area contributed by atoms with Crippen LogP contribution in [0.15, 0.2) is 9.59 Å². The lowest BCUT2D eigenvalue weighted by molar-refractivity contribution is 0.0847. The van der Waals surface area contributed by atoms with E-state index in [1.165, 1.54) is 14.1 Å². The van der Waals surface area contributed by atoms with E-state index in [-0.39, 0.29) is 23.7 Å². The van der Waals surface area contributed by atoms with E-state index in [0.29, 0.717) is 11.8 Å². The maximum atomic E-state index is 12.5. The fraction of sp³-hybridized carbons (Fsp3) is 0.667. The zero-order valence-electron chi connectivity index (χ0n) is 13.6. The van der Waals surface area contributed by atoms with Gasteiger partial charge in [0.15, 0.2) is 5.78 Å². The van der Waals surface area contributed by atoms with Crippen molar-refractivity contribution in [1.29, 1.82) is 0 Å². The Morgan fingerprint density at radius 3 is 2.23 bits per heavy atom. The molecule has 2 atom stereocenters. The van der Waals surface area contributed by atoms with Crippen LogP contribution in [0.2, 0.25) is 0 Å². The second kappa shape index (κ2) is 6.08. The van der Waals surface area contributed by atoms with Crippen molar-refractivity contribution in [1.82, 2.24) is 14.0 Å². The van der Waals surface area contributed by atoms with Crippen LogP contribution in [-0.4, -0.2) is 39.5 Å². The predicted molar refractivity (Wildman–Crippen MR) is 85.1 cm³/mol. The minimum Gasteiger partial charge on any atom is -0.384 e. The maximum absolute atomic E-state index is 12.5. The van der Waals surface area contributed by atoms with Crippen LogP contribution in [-0.2, 0) is 14.1 Å². The van der Waals surface area contributed by atoms with Crippen LogP contribution in [0.1, 0.15) is 30.6 Å². The van der Waals surface area contributed by atoms with E-state index in [0.717, 1.165) is 28.6 Å². The number of anilines is 1. The van der Waals surface area contributed by atoms with E-state index in [1.807, 2.05) is 0 Å². The van der Waals surface area contributed by atoms with Crippen LogP contribution in [0.25, 0.3) is 0 Å². The highest BCUT2D eigenvalue weighted by molar-refractivity contribution is 6.01. The van der Waals surface area contributed by atoms with Crippen molar-refractivity contribution in [3.05, 3.63) is 26.4 Å². The van der Waals surface area contributed by atoms with Crippen molar-refractivity contribution < 1.29 is 4.79 Å². The first-order valence-electron chi connectivity index (χ1n) is 7.53. The molecule has 1 aromatic heterocycles. The van der Waals surface area contributed by atoms with Crippen molar-refractivity contribution >= 4 is 11.6 Å². The number of rotatable bonds is 3. The van der Waals surface area contributed by atoms with E-state index in [2.05, 4.69) is 18.7 Å². The molecule has 0 amide bonds. The third-order valence-corrected chi connectivity index (χ3v) is 4.30. The first kappa shape index (κ1) is 16.5. The average molecular weight is 308 g/mol. The van der Waals surface area contributed by atoms with Gasteiger partial charge in [0.1, 0.15) is 11.4 Å². The fourth-order valence-electron chi connectivity index (χ4n) is 3.33. The lowest BCUT2D eigenvalue weighted by atomic mass is 9.91. The molecule has 1 aliphatic heterocycles. The molecule has 0 spiro atoms. The van der Waals surface area contributed by atoms with Crippen molar-refractivity contribution in [2.45, 2.75) is 20.3 Å². The second-order valence-electron chi connectivity index (χ2n) is 6.53. The van der Waals surface area contributed by atoms with Gasteiger partial charge in [-0.1, -0.05) is 13.8 Å². The highest BCUT2D eigenvalue weighted by atomic mass is 16.2. The summed E-state index contributed by atoms with van der Waals surface area (Å²) >= 11 is 0. The number of piperidine rings is 1. The van der Waals surface area contributed by atoms with Crippen LogP contribution >= 0.6 is 0 Å². The Morgan fingerprint density at radius 1 is 1.14 bits per heavy atom. The maximum Gasteiger partial charge on any atom is 0.332 e. The normalized spacial score (nSPS) is 22.7. The summed E-state index contributed by atoms with van der Waals surface area (Å²) in [7, 11) is 2.81. The fourth-order valence-corrected chi connectivity index (χ4v) is 3.33. The summed E-state index contributed by atoms with van der Waals surface area (Å²) in [5.74, 6) is 0.667. The summed E-state index contributed by atoms with van der Waals surface area (Å²) in [6, 6.07) is 0. The molecule has 2 heterocycles. The molecule has 2 rings (SSSR count). The number of nitrogens with two attached hydrogens (primary N) is 1. The van der Waals surface area contributed by atoms with Gasteiger partial charge < -0.3 is 5.73 Å². The first-order chi connectivity index (χ1) is 10.2. The van der Waals surface area contributed by atoms with Crippen molar-refractivity contribution in [2.75, 3.05) is 25.4 Å². The molecule has 0 saturated carbocycles. The summed E-state index contributed by atoms with van der Waals surface area (Å²) in [6.45, 7) is 6.15. The van der Waals surface area contributed by atoms with E-state index in [4.69, 9.17) is 5.73 Å². The van der Waals surface area contributed by atoms with Crippen molar-refractivity contribution in [3.8, 4) is 0 Å². The third kappa shape index (κ3) is 2.99. The zero-order chi connectivity index (χ0) is 16.6. The van der Waals surface area contributed by atoms with Crippen LogP contribution in [0, 0.1) is 11.8 Å². The molecule has 1 aliphatic rings. The minimum atomic E-state index is -0.622. The molecule has 0 unspecified atom stereocenters. The highest BCUT2D eigenvalue weighted by Gasteiger charge is 2.26. The Bertz CT molecular complexity index is 694. The Kier molecular flexibility index (Phi) is 4.55. The van der Waals surface area contributed by atoms with Gasteiger partial charge in [-0.3, -0.25) is 23.6 Å². The quantitative estimate of drug-likeness (QED) is 0.783. The molecule has 22 heavy (non-hydrogen) atoms. The summed E-state index contributed by atoms with van der Waals surface area (Å²) in [6.07, 6.45) is 1.15. The van der Waals surface area contributed by atoms with Crippen molar-refractivity contribution in [2.24, 2.45) is 25.9 Å². The number of likely N-dealkylation sites (tertiary alicyclic amines) is 1. The van der Waals surface area contributed by atoms with Crippen LogP contribution < -0.4 is 17.0 Å². The summed E-state index contributed by atoms with van der Waals surface area (Å²) < 4.78 is 2.06. The molecule has 1 fully saturated rings. The van der Waals surface area contributed by atoms with Gasteiger partial charge in [0.25, 0.3) is 5.56 Å². The van der Waals surface area contributed by atoms with Crippen LogP contribution in [0.5, 0.6) is 0 Å². The number of carbonyl (C=O) groups excluding carboxylic acids is 1. The van der Waals surface area contributed by atoms with Crippen LogP contribution in [0.3, 0.4) is 0 Å². The topological polar surface area (TPSA) is 90.3 Å². The van der Waals surface area contributed by atoms with Gasteiger partial charge >= 0.3 is 5.69 Å². The molecule has 7 heteroatoms. The van der Waals surface area contributed by atoms with Gasteiger partial charge in [-0.25, -0.2) is 4.79 Å². The number of nitrogens with zero attached hydrogens (tertiary/aromatic N) is 3. The Labute approximate surface area is 129 Å². The number of ketones is 1. The number of hydrogen-bond donors (Lipinski definition) is 1. The zero-order valence-corrected chi connectivity index (χ0v) is 13.6. The molecular formula is C15H24N4O3. The van der Waals surface area contributed by atoms with E-state index < -0.39 is 11.2 Å². The number of hydrogen-bond acceptors (Lipinski definition) is 5. The average Bonchev–Trinajstić information content (AvgIpc) is 2.42. The predicted octanol–water partition coefficient (Wildman–Crippen LogP) is -0.173. The van der Waals surface area contributed by atoms with Gasteiger partial charge in [0, 0.05) is 27.2 Å². The van der Waals surface area contributed by atoms with Gasteiger partial charge in [0.05, 0.1) is 6.54 Å². The van der Waals surface area contributed by atoms with Gasteiger partial charge in [-0.15, -0.1) is 0 Å². The van der Waals surface area contributed by atoms with Gasteiger partial charge in [-0.2, -0.15) is 0 Å². The third-order valence-electron chi connectivity index (χ3n) is 4.30. The van der Waals surface area contributed by atoms with Crippen molar-refractivity contribution in [3.63, 3.8) is 0 Å². The molecule has 0 bridgehead atoms. The summed E-state index contributed by atoms with van der Waals surface area (Å²) in [5, 5.41) is 0. The highest BCUT2D eigenvalue weighted by Crippen LogP contribution is 2.21. The monoisotopic (exact) mass is 308 g/mol. The van der Waals surface area contributed by atoms with E-state index >= 15 is 0 Å². The first-order valence-corrected chi connectivity index (χ1v) is 7.53. The van der Waals surface area contributed by atoms with E-state index in [9.17, 15) is 14.4 Å². The Balaban J connectivity index is 2.31. The largest absolute Gasteiger partial charge is 0.384 e. The molecule has 1 saturated heterocycles. The summed E-state index contributed by atoms with van der Waals surface area (Å²) in [4.78, 5) is 38.6. The number of Topliss-reactive ketones (excluding diaryl/α,β-unsaturated/α-hetero) is 1. The SMILES string of the molecule is C[C@@H]1C[C@@H](C)CN(CC(=O)c2c(N)n(C)c(=O)n(C)c2=O)C1. The smallest absolute Gasteiger partial charge is 0.332 e. The molecule has 0 radical (unpaired) electrons. The Hall–Kier alpha value is -1.89. The minimum absolute atomic E-state index is 0.0591. The van der Waals surface area contributed by atoms with E-state index in [1.54, 1.807) is 0 Å². The summed E-state index contributed by atoms with van der Waals surface area (Å²) in [5.41, 5.74) is 4.59. The molecule has 122 valence electrons. The van der Waals surface area contributed by atoms with Gasteiger partial charge in [-0.05, 0) is 18.3 Å². The number of aromatic nitrogens is 2. The molecule has 1 aromatic rings. The van der Waals surface area contributed by atoms with Gasteiger partial charge in [0.2, 0.25) is 0 Å². The molecule has 0 aliphatic carbocycles. The van der Waals surface area contributed by atoms with Crippen LogP contribution in [0.4, 0.5) is 5.82 Å². The molecule has 7 nitrogen and oxygen atoms in total. The lowest BCUT2D eigenvalue weighted by Gasteiger charge is -2.34. The Morgan fingerprint density at radius 2 is 1.68 bits per heavy atom. The number of nitrogen functional groups attached to an aromatic ring is 1. The number of carbonyl (C=O) groups is 1. The lowest BCUT2D eigenvalue weighted by Crippen LogP contribution is -2.45. The second-order valence-corrected chi connectivity index (χ2v) is 6.53. The molecular weight excluding hydrogens is 284 g/mol. The molecule has 0 aromatic carbocycles. The standard InChI is InChI=1S/C15H24N4O3/c1-9-5-10(2)7-19(6-9)8-11(20)12-13(16)17(3)15(22)18(4)14(12)21/h9-10H,5-8,16H2,1-4H3/t9-,10-/m1/s1. The molecule has 2 N–H and O–H groups in total.